The van der Waals surface area contributed by atoms with Gasteiger partial charge in [-0.25, -0.2) is 5.32 Å². The third-order valence-electron chi connectivity index (χ3n) is 1.76. The van der Waals surface area contributed by atoms with Crippen LogP contribution in [0.1, 0.15) is 0 Å². The van der Waals surface area contributed by atoms with Crippen LogP contribution in [0.25, 0.3) is 0 Å². The van der Waals surface area contributed by atoms with Crippen molar-refractivity contribution in [3.63, 3.8) is 0 Å². The number of hydrogen-bond acceptors (Lipinski definition) is 3. The molecule has 4 heteroatoms. The van der Waals surface area contributed by atoms with E-state index in [1.807, 2.05) is 0 Å². The predicted octanol–water partition coefficient (Wildman–Crippen LogP) is -0.349. The molecular formula is C8H16NO3. The van der Waals surface area contributed by atoms with Crippen molar-refractivity contribution in [1.29, 1.82) is 0 Å². The Morgan fingerprint density at radius 2 is 1.67 bits per heavy atom. The molecule has 0 bridgehead atoms. The third-order valence-corrected chi connectivity index (χ3v) is 1.76. The first-order valence-corrected chi connectivity index (χ1v) is 4.12. The Labute approximate surface area is 73.2 Å². The smallest absolute Gasteiger partial charge is 0.0718 e. The van der Waals surface area contributed by atoms with E-state index in [0.29, 0.717) is 26.4 Å². The van der Waals surface area contributed by atoms with E-state index in [1.165, 1.54) is 0 Å². The molecule has 0 spiro atoms. The Hall–Kier alpha value is -0.160. The van der Waals surface area contributed by atoms with Crippen LogP contribution in [0.2, 0.25) is 0 Å². The molecule has 1 radical (unpaired) electrons. The van der Waals surface area contributed by atoms with Crippen LogP contribution in [0.15, 0.2) is 0 Å². The summed E-state index contributed by atoms with van der Waals surface area (Å²) < 4.78 is 15.3. The van der Waals surface area contributed by atoms with Crippen LogP contribution in [0, 0.1) is 0 Å². The highest BCUT2D eigenvalue weighted by Crippen LogP contribution is 2.02. The van der Waals surface area contributed by atoms with Gasteiger partial charge in [0, 0.05) is 14.2 Å². The molecular weight excluding hydrogens is 158 g/mol. The van der Waals surface area contributed by atoms with Gasteiger partial charge in [-0.3, -0.25) is 0 Å². The lowest BCUT2D eigenvalue weighted by Gasteiger charge is -2.28. The van der Waals surface area contributed by atoms with Gasteiger partial charge in [0.1, 0.15) is 0 Å². The average molecular weight is 174 g/mol. The van der Waals surface area contributed by atoms with Gasteiger partial charge in [-0.15, -0.1) is 0 Å². The Bertz CT molecular complexity index is 105. The van der Waals surface area contributed by atoms with Gasteiger partial charge in [-0.05, 0) is 0 Å². The monoisotopic (exact) mass is 174 g/mol. The second kappa shape index (κ2) is 5.48. The minimum Gasteiger partial charge on any atom is -0.383 e. The van der Waals surface area contributed by atoms with E-state index in [1.54, 1.807) is 14.2 Å². The highest BCUT2D eigenvalue weighted by molar-refractivity contribution is 4.77. The zero-order valence-corrected chi connectivity index (χ0v) is 7.66. The first-order valence-electron chi connectivity index (χ1n) is 4.12. The predicted molar refractivity (Wildman–Crippen MR) is 44.3 cm³/mol. The molecule has 71 valence electrons. The molecule has 0 N–H and O–H groups in total. The first-order chi connectivity index (χ1) is 5.86. The molecule has 2 atom stereocenters. The van der Waals surface area contributed by atoms with Gasteiger partial charge in [0.15, 0.2) is 0 Å². The molecule has 1 rings (SSSR count). The normalized spacial score (nSPS) is 30.5. The summed E-state index contributed by atoms with van der Waals surface area (Å²) >= 11 is 0. The van der Waals surface area contributed by atoms with E-state index in [2.05, 4.69) is 5.32 Å². The highest BCUT2D eigenvalue weighted by atomic mass is 16.5. The molecule has 1 heterocycles. The molecule has 1 fully saturated rings. The fraction of sp³-hybridized carbons (Fsp3) is 1.00. The number of rotatable bonds is 4. The fourth-order valence-electron chi connectivity index (χ4n) is 1.29. The Morgan fingerprint density at radius 1 is 1.17 bits per heavy atom. The Balaban J connectivity index is 2.20. The zero-order chi connectivity index (χ0) is 8.81. The van der Waals surface area contributed by atoms with Crippen molar-refractivity contribution >= 4 is 0 Å². The quantitative estimate of drug-likeness (QED) is 0.585. The largest absolute Gasteiger partial charge is 0.383 e. The van der Waals surface area contributed by atoms with Gasteiger partial charge in [0.2, 0.25) is 0 Å². The number of morpholine rings is 1. The lowest BCUT2D eigenvalue weighted by molar-refractivity contribution is -0.00488. The third kappa shape index (κ3) is 3.06. The molecule has 0 aromatic carbocycles. The maximum atomic E-state index is 5.35. The van der Waals surface area contributed by atoms with Crippen LogP contribution < -0.4 is 5.32 Å². The number of hydrogen-bond donors (Lipinski definition) is 0. The van der Waals surface area contributed by atoms with Crippen LogP contribution in [0.5, 0.6) is 0 Å². The van der Waals surface area contributed by atoms with E-state index in [4.69, 9.17) is 14.2 Å². The highest BCUT2D eigenvalue weighted by Gasteiger charge is 2.22. The standard InChI is InChI=1S/C8H16NO3/c1-10-3-7-5-12-6-8(9-7)4-11-2/h7-8H,3-6H2,1-2H3. The van der Waals surface area contributed by atoms with Crippen molar-refractivity contribution in [2.75, 3.05) is 40.6 Å². The van der Waals surface area contributed by atoms with E-state index < -0.39 is 0 Å². The van der Waals surface area contributed by atoms with Crippen LogP contribution in [-0.2, 0) is 14.2 Å². The maximum Gasteiger partial charge on any atom is 0.0718 e. The number of methoxy groups -OCH3 is 2. The summed E-state index contributed by atoms with van der Waals surface area (Å²) in [7, 11) is 3.35. The molecule has 2 unspecified atom stereocenters. The molecule has 1 aliphatic rings. The van der Waals surface area contributed by atoms with Gasteiger partial charge in [-0.2, -0.15) is 0 Å². The minimum atomic E-state index is 0.184. The minimum absolute atomic E-state index is 0.184. The topological polar surface area (TPSA) is 41.8 Å². The van der Waals surface area contributed by atoms with Gasteiger partial charge < -0.3 is 14.2 Å². The molecule has 0 amide bonds. The first kappa shape index (κ1) is 9.92. The zero-order valence-electron chi connectivity index (χ0n) is 7.66. The van der Waals surface area contributed by atoms with Crippen molar-refractivity contribution in [2.24, 2.45) is 0 Å². The van der Waals surface area contributed by atoms with Crippen LogP contribution in [-0.4, -0.2) is 52.7 Å². The molecule has 0 aliphatic carbocycles. The molecule has 1 saturated heterocycles. The fourth-order valence-corrected chi connectivity index (χ4v) is 1.29. The van der Waals surface area contributed by atoms with Crippen molar-refractivity contribution in [1.82, 2.24) is 5.32 Å². The summed E-state index contributed by atoms with van der Waals surface area (Å²) in [4.78, 5) is 0. The summed E-state index contributed by atoms with van der Waals surface area (Å²) in [5.74, 6) is 0. The van der Waals surface area contributed by atoms with Gasteiger partial charge in [0.05, 0.1) is 38.5 Å². The average Bonchev–Trinajstić information content (AvgIpc) is 2.06. The van der Waals surface area contributed by atoms with Gasteiger partial charge >= 0.3 is 0 Å². The van der Waals surface area contributed by atoms with Crippen molar-refractivity contribution in [3.05, 3.63) is 0 Å². The van der Waals surface area contributed by atoms with E-state index in [9.17, 15) is 0 Å². The molecule has 1 aliphatic heterocycles. The number of nitrogens with zero attached hydrogens (tertiary/aromatic N) is 1. The van der Waals surface area contributed by atoms with Gasteiger partial charge in [-0.1, -0.05) is 0 Å². The number of ether oxygens (including phenoxy) is 3. The second-order valence-electron chi connectivity index (χ2n) is 2.90. The summed E-state index contributed by atoms with van der Waals surface area (Å²) in [5, 5.41) is 4.49. The molecule has 0 aromatic heterocycles. The molecule has 12 heavy (non-hydrogen) atoms. The summed E-state index contributed by atoms with van der Waals surface area (Å²) in [6.07, 6.45) is 0. The lowest BCUT2D eigenvalue weighted by atomic mass is 10.2. The summed E-state index contributed by atoms with van der Waals surface area (Å²) in [6.45, 7) is 2.63. The SMILES string of the molecule is COCC1COCC(COC)[N]1. The van der Waals surface area contributed by atoms with Crippen LogP contribution in [0.4, 0.5) is 0 Å². The van der Waals surface area contributed by atoms with Crippen LogP contribution >= 0.6 is 0 Å². The van der Waals surface area contributed by atoms with Crippen molar-refractivity contribution < 1.29 is 14.2 Å². The van der Waals surface area contributed by atoms with E-state index in [-0.39, 0.29) is 12.1 Å². The summed E-state index contributed by atoms with van der Waals surface area (Å²) in [5.41, 5.74) is 0. The van der Waals surface area contributed by atoms with Crippen LogP contribution in [0.3, 0.4) is 0 Å². The summed E-state index contributed by atoms with van der Waals surface area (Å²) in [6, 6.07) is 0.368. The second-order valence-corrected chi connectivity index (χ2v) is 2.90. The van der Waals surface area contributed by atoms with Gasteiger partial charge in [0.25, 0.3) is 0 Å². The lowest BCUT2D eigenvalue weighted by Crippen LogP contribution is -2.47. The molecule has 4 nitrogen and oxygen atoms in total. The van der Waals surface area contributed by atoms with Crippen molar-refractivity contribution in [2.45, 2.75) is 12.1 Å². The Morgan fingerprint density at radius 3 is 2.08 bits per heavy atom. The van der Waals surface area contributed by atoms with E-state index >= 15 is 0 Å². The molecule has 0 saturated carbocycles. The van der Waals surface area contributed by atoms with Crippen molar-refractivity contribution in [3.8, 4) is 0 Å². The molecule has 0 aromatic rings. The van der Waals surface area contributed by atoms with E-state index in [0.717, 1.165) is 0 Å². The Kier molecular flexibility index (Phi) is 4.53. The maximum absolute atomic E-state index is 5.35.